The molecular weight excluding hydrogens is 364 g/mol. The van der Waals surface area contributed by atoms with Crippen LogP contribution in [0.15, 0.2) is 60.8 Å². The van der Waals surface area contributed by atoms with E-state index in [-0.39, 0.29) is 11.4 Å². The highest BCUT2D eigenvalue weighted by Gasteiger charge is 2.62. The Labute approximate surface area is 159 Å². The zero-order valence-electron chi connectivity index (χ0n) is 14.4. The van der Waals surface area contributed by atoms with E-state index in [0.717, 1.165) is 0 Å². The van der Waals surface area contributed by atoms with Gasteiger partial charge in [-0.3, -0.25) is 9.59 Å². The maximum atomic E-state index is 12.7. The van der Waals surface area contributed by atoms with Gasteiger partial charge in [-0.25, -0.2) is 9.78 Å². The summed E-state index contributed by atoms with van der Waals surface area (Å²) in [6.45, 7) is 0. The lowest BCUT2D eigenvalue weighted by Gasteiger charge is -2.17. The van der Waals surface area contributed by atoms with Crippen LogP contribution in [0, 0.1) is 11.8 Å². The van der Waals surface area contributed by atoms with Crippen molar-refractivity contribution in [2.24, 2.45) is 11.8 Å². The lowest BCUT2D eigenvalue weighted by Crippen LogP contribution is -2.36. The van der Waals surface area contributed by atoms with Gasteiger partial charge in [0.2, 0.25) is 5.88 Å². The minimum absolute atomic E-state index is 0.00126. The quantitative estimate of drug-likeness (QED) is 0.592. The van der Waals surface area contributed by atoms with Crippen molar-refractivity contribution in [1.82, 2.24) is 10.0 Å². The summed E-state index contributed by atoms with van der Waals surface area (Å²) >= 11 is 0. The molecule has 2 bridgehead atoms. The molecule has 2 aromatic rings. The molecule has 0 N–H and O–H groups in total. The molecule has 2 amide bonds. The molecule has 1 aromatic heterocycles. The van der Waals surface area contributed by atoms with E-state index < -0.39 is 41.8 Å². The van der Waals surface area contributed by atoms with Crippen molar-refractivity contribution in [2.75, 3.05) is 0 Å². The number of aromatic nitrogens is 1. The fourth-order valence-electron chi connectivity index (χ4n) is 3.73. The highest BCUT2D eigenvalue weighted by Crippen LogP contribution is 2.45. The third kappa shape index (κ3) is 2.49. The summed E-state index contributed by atoms with van der Waals surface area (Å²) < 4.78 is 11.2. The second kappa shape index (κ2) is 6.28. The summed E-state index contributed by atoms with van der Waals surface area (Å²) in [5, 5.41) is 0.548. The first-order chi connectivity index (χ1) is 13.6. The number of amides is 2. The standard InChI is InChI=1S/C20H14N2O6/c23-18-15-13-8-9-14(27-13)16(15)19(24)22(18)28-20(25)12-7-4-10-21-17(12)26-11-5-2-1-3-6-11/h1-10,13-16H/t13-,14-,15-,16+/m0/s1. The highest BCUT2D eigenvalue weighted by molar-refractivity contribution is 6.07. The van der Waals surface area contributed by atoms with Crippen molar-refractivity contribution in [3.63, 3.8) is 0 Å². The van der Waals surface area contributed by atoms with Crippen LogP contribution in [0.4, 0.5) is 0 Å². The number of fused-ring (bicyclic) bond motifs is 5. The first-order valence-electron chi connectivity index (χ1n) is 8.75. The third-order valence-electron chi connectivity index (χ3n) is 4.99. The van der Waals surface area contributed by atoms with Crippen molar-refractivity contribution >= 4 is 17.8 Å². The van der Waals surface area contributed by atoms with Crippen molar-refractivity contribution in [3.8, 4) is 11.6 Å². The Kier molecular flexibility index (Phi) is 3.73. The van der Waals surface area contributed by atoms with Gasteiger partial charge in [0.05, 0.1) is 24.0 Å². The van der Waals surface area contributed by atoms with Gasteiger partial charge in [0.25, 0.3) is 11.8 Å². The summed E-state index contributed by atoms with van der Waals surface area (Å²) in [5.74, 6) is -2.85. The molecule has 0 unspecified atom stereocenters. The lowest BCUT2D eigenvalue weighted by molar-refractivity contribution is -0.177. The van der Waals surface area contributed by atoms with Gasteiger partial charge in [-0.15, -0.1) is 5.06 Å². The second-order valence-electron chi connectivity index (χ2n) is 6.62. The molecule has 4 heterocycles. The molecule has 1 aromatic carbocycles. The molecule has 28 heavy (non-hydrogen) atoms. The van der Waals surface area contributed by atoms with Gasteiger partial charge in [-0.05, 0) is 24.3 Å². The van der Waals surface area contributed by atoms with Gasteiger partial charge in [0.1, 0.15) is 11.3 Å². The van der Waals surface area contributed by atoms with E-state index in [1.807, 2.05) is 6.07 Å². The maximum absolute atomic E-state index is 12.7. The summed E-state index contributed by atoms with van der Waals surface area (Å²) in [7, 11) is 0. The Balaban J connectivity index is 1.37. The summed E-state index contributed by atoms with van der Waals surface area (Å²) in [4.78, 5) is 47.1. The molecule has 0 radical (unpaired) electrons. The molecule has 8 heteroatoms. The molecule has 4 atom stereocenters. The van der Waals surface area contributed by atoms with Crippen LogP contribution in [0.3, 0.4) is 0 Å². The van der Waals surface area contributed by atoms with E-state index in [1.54, 1.807) is 36.4 Å². The van der Waals surface area contributed by atoms with Gasteiger partial charge >= 0.3 is 5.97 Å². The van der Waals surface area contributed by atoms with Crippen LogP contribution in [0.5, 0.6) is 11.6 Å². The SMILES string of the molecule is O=C(ON1C(=O)[C@@H]2[C@H](C1=O)[C@@H]1C=C[C@@H]2O1)c1cccnc1Oc1ccccc1. The number of ether oxygens (including phenoxy) is 2. The summed E-state index contributed by atoms with van der Waals surface area (Å²) in [6.07, 6.45) is 4.08. The van der Waals surface area contributed by atoms with Crippen molar-refractivity contribution < 1.29 is 28.7 Å². The van der Waals surface area contributed by atoms with Crippen LogP contribution in [0.25, 0.3) is 0 Å². The number of hydrogen-bond donors (Lipinski definition) is 0. The number of hydrogen-bond acceptors (Lipinski definition) is 7. The molecule has 5 rings (SSSR count). The smallest absolute Gasteiger partial charge is 0.369 e. The molecule has 0 aliphatic carbocycles. The van der Waals surface area contributed by atoms with Gasteiger partial charge in [-0.2, -0.15) is 0 Å². The van der Waals surface area contributed by atoms with Gasteiger partial charge in [-0.1, -0.05) is 30.4 Å². The first-order valence-corrected chi connectivity index (χ1v) is 8.75. The molecule has 0 saturated carbocycles. The predicted octanol–water partition coefficient (Wildman–Crippen LogP) is 1.88. The lowest BCUT2D eigenvalue weighted by atomic mass is 9.85. The van der Waals surface area contributed by atoms with Crippen LogP contribution in [0.2, 0.25) is 0 Å². The largest absolute Gasteiger partial charge is 0.438 e. The molecule has 0 spiro atoms. The highest BCUT2D eigenvalue weighted by atomic mass is 16.7. The minimum Gasteiger partial charge on any atom is -0.438 e. The molecule has 2 fully saturated rings. The van der Waals surface area contributed by atoms with E-state index in [9.17, 15) is 14.4 Å². The normalized spacial score (nSPS) is 27.2. The Bertz CT molecular complexity index is 975. The summed E-state index contributed by atoms with van der Waals surface area (Å²) in [5.41, 5.74) is 0.00126. The van der Waals surface area contributed by atoms with Crippen LogP contribution in [0.1, 0.15) is 10.4 Å². The molecule has 2 saturated heterocycles. The third-order valence-corrected chi connectivity index (χ3v) is 4.99. The van der Waals surface area contributed by atoms with E-state index in [1.165, 1.54) is 18.3 Å². The van der Waals surface area contributed by atoms with Crippen molar-refractivity contribution in [3.05, 3.63) is 66.4 Å². The zero-order chi connectivity index (χ0) is 19.3. The number of imide groups is 1. The monoisotopic (exact) mass is 378 g/mol. The van der Waals surface area contributed by atoms with Gasteiger partial charge in [0, 0.05) is 6.20 Å². The topological polar surface area (TPSA) is 95.0 Å². The van der Waals surface area contributed by atoms with Crippen LogP contribution < -0.4 is 4.74 Å². The van der Waals surface area contributed by atoms with Crippen LogP contribution in [-0.2, 0) is 19.2 Å². The van der Waals surface area contributed by atoms with Crippen LogP contribution >= 0.6 is 0 Å². The number of carbonyl (C=O) groups excluding carboxylic acids is 3. The Morgan fingerprint density at radius 3 is 2.32 bits per heavy atom. The van der Waals surface area contributed by atoms with E-state index in [2.05, 4.69) is 4.98 Å². The number of benzene rings is 1. The Morgan fingerprint density at radius 2 is 1.64 bits per heavy atom. The van der Waals surface area contributed by atoms with E-state index >= 15 is 0 Å². The predicted molar refractivity (Wildman–Crippen MR) is 92.8 cm³/mol. The van der Waals surface area contributed by atoms with Crippen molar-refractivity contribution in [2.45, 2.75) is 12.2 Å². The number of rotatable bonds is 4. The minimum atomic E-state index is -0.901. The summed E-state index contributed by atoms with van der Waals surface area (Å²) in [6, 6.07) is 11.8. The molecule has 3 aliphatic heterocycles. The fourth-order valence-corrected chi connectivity index (χ4v) is 3.73. The number of pyridine rings is 1. The van der Waals surface area contributed by atoms with Crippen LogP contribution in [-0.4, -0.2) is 40.0 Å². The van der Waals surface area contributed by atoms with E-state index in [0.29, 0.717) is 10.8 Å². The molecular formula is C20H14N2O6. The number of nitrogens with zero attached hydrogens (tertiary/aromatic N) is 2. The molecule has 8 nitrogen and oxygen atoms in total. The molecule has 140 valence electrons. The first kappa shape index (κ1) is 16.6. The fraction of sp³-hybridized carbons (Fsp3) is 0.200. The van der Waals surface area contributed by atoms with E-state index in [4.69, 9.17) is 14.3 Å². The Morgan fingerprint density at radius 1 is 0.964 bits per heavy atom. The molecule has 3 aliphatic rings. The number of hydroxylamine groups is 2. The average Bonchev–Trinajstić information content (AvgIpc) is 3.39. The number of para-hydroxylation sites is 1. The zero-order valence-corrected chi connectivity index (χ0v) is 14.4. The Hall–Kier alpha value is -3.52. The van der Waals surface area contributed by atoms with Gasteiger partial charge < -0.3 is 14.3 Å². The second-order valence-corrected chi connectivity index (χ2v) is 6.62. The average molecular weight is 378 g/mol. The van der Waals surface area contributed by atoms with Crippen molar-refractivity contribution in [1.29, 1.82) is 0 Å². The number of carbonyl (C=O) groups is 3. The van der Waals surface area contributed by atoms with Gasteiger partial charge in [0.15, 0.2) is 0 Å². The maximum Gasteiger partial charge on any atom is 0.369 e.